The standard InChI is InChI=1S/C29H36F2N4O4S/c1-3-10-29(30,31)21-8-7-9-22(17-21)40(38,39)23-18-24(25(36)33(2)27(20-32)11-12-27)35(19-23)26(37)28(13-14-28)34-15-5-4-6-16-34/h3,7-9,17,23-24H,1,4-6,10-16,18-19H2,2H3/t23-,24+/m1/s1. The highest BCUT2D eigenvalue weighted by molar-refractivity contribution is 7.92. The van der Waals surface area contributed by atoms with Crippen LogP contribution in [0, 0.1) is 11.3 Å². The summed E-state index contributed by atoms with van der Waals surface area (Å²) in [6.45, 7) is 4.72. The lowest BCUT2D eigenvalue weighted by Gasteiger charge is -2.38. The summed E-state index contributed by atoms with van der Waals surface area (Å²) in [6.07, 6.45) is 5.71. The van der Waals surface area contributed by atoms with E-state index in [1.165, 1.54) is 35.0 Å². The Morgan fingerprint density at radius 3 is 2.45 bits per heavy atom. The van der Waals surface area contributed by atoms with Crippen molar-refractivity contribution in [3.8, 4) is 6.07 Å². The normalized spacial score (nSPS) is 25.6. The Morgan fingerprint density at radius 2 is 1.88 bits per heavy atom. The van der Waals surface area contributed by atoms with Gasteiger partial charge in [-0.1, -0.05) is 24.6 Å². The summed E-state index contributed by atoms with van der Waals surface area (Å²) in [5, 5.41) is 8.53. The number of carbonyl (C=O) groups excluding carboxylic acids is 2. The van der Waals surface area contributed by atoms with Crippen LogP contribution in [-0.4, -0.2) is 84.0 Å². The minimum Gasteiger partial charge on any atom is -0.328 e. The molecule has 1 aromatic carbocycles. The van der Waals surface area contributed by atoms with E-state index in [-0.39, 0.29) is 23.8 Å². The summed E-state index contributed by atoms with van der Waals surface area (Å²) in [5.41, 5.74) is -2.09. The second-order valence-corrected chi connectivity index (χ2v) is 13.9. The Kier molecular flexibility index (Phi) is 7.32. The number of amides is 2. The minimum absolute atomic E-state index is 0.151. The molecule has 1 aromatic rings. The number of sulfone groups is 1. The minimum atomic E-state index is -4.17. The molecular weight excluding hydrogens is 538 g/mol. The summed E-state index contributed by atoms with van der Waals surface area (Å²) in [7, 11) is -2.64. The van der Waals surface area contributed by atoms with Gasteiger partial charge < -0.3 is 9.80 Å². The Bertz CT molecular complexity index is 1340. The molecule has 0 bridgehead atoms. The molecule has 11 heteroatoms. The first-order valence-electron chi connectivity index (χ1n) is 14.0. The van der Waals surface area contributed by atoms with Gasteiger partial charge in [-0.2, -0.15) is 5.26 Å². The number of nitrogens with zero attached hydrogens (tertiary/aromatic N) is 4. The zero-order chi connectivity index (χ0) is 28.9. The van der Waals surface area contributed by atoms with E-state index in [4.69, 9.17) is 0 Å². The smallest absolute Gasteiger partial charge is 0.276 e. The Labute approximate surface area is 234 Å². The molecule has 2 amide bonds. The lowest BCUT2D eigenvalue weighted by Crippen LogP contribution is -2.57. The van der Waals surface area contributed by atoms with Crippen LogP contribution in [0.3, 0.4) is 0 Å². The molecule has 0 radical (unpaired) electrons. The van der Waals surface area contributed by atoms with Gasteiger partial charge in [-0.25, -0.2) is 17.2 Å². The average Bonchev–Trinajstić information content (AvgIpc) is 3.88. The number of carbonyl (C=O) groups is 2. The number of benzene rings is 1. The molecule has 2 heterocycles. The van der Waals surface area contributed by atoms with Gasteiger partial charge in [0.15, 0.2) is 9.84 Å². The van der Waals surface area contributed by atoms with Crippen molar-refractivity contribution < 1.29 is 26.8 Å². The average molecular weight is 575 g/mol. The zero-order valence-electron chi connectivity index (χ0n) is 22.8. The number of nitriles is 1. The molecule has 0 spiro atoms. The quantitative estimate of drug-likeness (QED) is 0.418. The number of likely N-dealkylation sites (tertiary alicyclic amines) is 2. The molecule has 4 aliphatic rings. The molecule has 0 N–H and O–H groups in total. The topological polar surface area (TPSA) is 102 Å². The summed E-state index contributed by atoms with van der Waals surface area (Å²) < 4.78 is 56.8. The Balaban J connectivity index is 1.46. The van der Waals surface area contributed by atoms with E-state index in [2.05, 4.69) is 17.5 Å². The molecule has 2 aliphatic carbocycles. The predicted molar refractivity (Wildman–Crippen MR) is 144 cm³/mol. The second kappa shape index (κ2) is 10.2. The second-order valence-electron chi connectivity index (χ2n) is 11.7. The molecule has 2 saturated heterocycles. The van der Waals surface area contributed by atoms with Gasteiger partial charge in [0, 0.05) is 25.6 Å². The summed E-state index contributed by atoms with van der Waals surface area (Å²) in [4.78, 5) is 32.6. The van der Waals surface area contributed by atoms with Gasteiger partial charge in [0.05, 0.1) is 16.2 Å². The van der Waals surface area contributed by atoms with Crippen molar-refractivity contribution >= 4 is 21.7 Å². The third kappa shape index (κ3) is 4.83. The van der Waals surface area contributed by atoms with E-state index in [0.717, 1.165) is 44.5 Å². The highest BCUT2D eigenvalue weighted by Gasteiger charge is 2.60. The summed E-state index contributed by atoms with van der Waals surface area (Å²) >= 11 is 0. The molecule has 0 unspecified atom stereocenters. The van der Waals surface area contributed by atoms with Crippen molar-refractivity contribution in [2.45, 2.75) is 91.0 Å². The number of hydrogen-bond donors (Lipinski definition) is 0. The number of likely N-dealkylation sites (N-methyl/N-ethyl adjacent to an activating group) is 1. The molecule has 2 aliphatic heterocycles. The summed E-state index contributed by atoms with van der Waals surface area (Å²) in [6, 6.07) is 5.87. The molecule has 40 heavy (non-hydrogen) atoms. The number of piperidine rings is 1. The van der Waals surface area contributed by atoms with E-state index >= 15 is 0 Å². The van der Waals surface area contributed by atoms with Crippen molar-refractivity contribution in [3.05, 3.63) is 42.5 Å². The SMILES string of the molecule is C=CCC(F)(F)c1cccc(S(=O)(=O)[C@@H]2C[C@@H](C(=O)N(C)C3(C#N)CC3)N(C(=O)C3(N4CCCCC4)CC3)C2)c1. The molecule has 2 saturated carbocycles. The van der Waals surface area contributed by atoms with Gasteiger partial charge in [0.1, 0.15) is 17.1 Å². The van der Waals surface area contributed by atoms with Crippen LogP contribution < -0.4 is 0 Å². The van der Waals surface area contributed by atoms with Crippen LogP contribution in [0.5, 0.6) is 0 Å². The number of allylic oxidation sites excluding steroid dienone is 1. The van der Waals surface area contributed by atoms with Crippen LogP contribution >= 0.6 is 0 Å². The first kappa shape index (κ1) is 28.7. The van der Waals surface area contributed by atoms with E-state index in [0.29, 0.717) is 25.7 Å². The highest BCUT2D eigenvalue weighted by Crippen LogP contribution is 2.47. The van der Waals surface area contributed by atoms with E-state index in [1.807, 2.05) is 0 Å². The van der Waals surface area contributed by atoms with Crippen molar-refractivity contribution in [2.24, 2.45) is 0 Å². The van der Waals surface area contributed by atoms with Crippen LogP contribution in [-0.2, 0) is 25.3 Å². The fourth-order valence-corrected chi connectivity index (χ4v) is 8.06. The maximum Gasteiger partial charge on any atom is 0.276 e. The first-order chi connectivity index (χ1) is 18.9. The van der Waals surface area contributed by atoms with Gasteiger partial charge in [0.25, 0.3) is 5.92 Å². The van der Waals surface area contributed by atoms with E-state index in [1.54, 1.807) is 0 Å². The zero-order valence-corrected chi connectivity index (χ0v) is 23.6. The molecule has 0 aromatic heterocycles. The van der Waals surface area contributed by atoms with Crippen LogP contribution in [0.25, 0.3) is 0 Å². The van der Waals surface area contributed by atoms with Gasteiger partial charge >= 0.3 is 0 Å². The predicted octanol–water partition coefficient (Wildman–Crippen LogP) is 3.63. The van der Waals surface area contributed by atoms with Crippen LogP contribution in [0.15, 0.2) is 41.8 Å². The van der Waals surface area contributed by atoms with Crippen molar-refractivity contribution in [3.63, 3.8) is 0 Å². The van der Waals surface area contributed by atoms with Crippen LogP contribution in [0.1, 0.15) is 63.4 Å². The lowest BCUT2D eigenvalue weighted by molar-refractivity contribution is -0.148. The van der Waals surface area contributed by atoms with Crippen molar-refractivity contribution in [2.75, 3.05) is 26.7 Å². The molecule has 2 atom stereocenters. The van der Waals surface area contributed by atoms with Gasteiger partial charge in [0.2, 0.25) is 11.8 Å². The van der Waals surface area contributed by atoms with E-state index < -0.39 is 56.0 Å². The molecule has 5 rings (SSSR count). The fraction of sp³-hybridized carbons (Fsp3) is 0.621. The number of rotatable bonds is 9. The number of hydrogen-bond acceptors (Lipinski definition) is 6. The monoisotopic (exact) mass is 574 g/mol. The number of halogens is 2. The van der Waals surface area contributed by atoms with Gasteiger partial charge in [-0.3, -0.25) is 14.5 Å². The third-order valence-corrected chi connectivity index (χ3v) is 11.4. The number of alkyl halides is 2. The van der Waals surface area contributed by atoms with Crippen molar-refractivity contribution in [1.82, 2.24) is 14.7 Å². The molecule has 216 valence electrons. The maximum absolute atomic E-state index is 14.6. The van der Waals surface area contributed by atoms with Crippen LogP contribution in [0.4, 0.5) is 8.78 Å². The Hall–Kier alpha value is -2.84. The largest absolute Gasteiger partial charge is 0.328 e. The van der Waals surface area contributed by atoms with Crippen LogP contribution in [0.2, 0.25) is 0 Å². The molecule has 4 fully saturated rings. The van der Waals surface area contributed by atoms with Gasteiger partial charge in [-0.15, -0.1) is 6.58 Å². The lowest BCUT2D eigenvalue weighted by atomic mass is 10.0. The van der Waals surface area contributed by atoms with Crippen molar-refractivity contribution in [1.29, 1.82) is 5.26 Å². The maximum atomic E-state index is 14.6. The molecular formula is C29H36F2N4O4S. The molecule has 8 nitrogen and oxygen atoms in total. The Morgan fingerprint density at radius 1 is 1.20 bits per heavy atom. The fourth-order valence-electron chi connectivity index (χ4n) is 6.32. The summed E-state index contributed by atoms with van der Waals surface area (Å²) in [5.74, 6) is -3.98. The van der Waals surface area contributed by atoms with Gasteiger partial charge in [-0.05, 0) is 70.2 Å². The van der Waals surface area contributed by atoms with E-state index in [9.17, 15) is 32.0 Å². The highest BCUT2D eigenvalue weighted by atomic mass is 32.2. The third-order valence-electron chi connectivity index (χ3n) is 9.22. The first-order valence-corrected chi connectivity index (χ1v) is 15.5.